The first-order valence-corrected chi connectivity index (χ1v) is 6.57. The molecule has 17 heavy (non-hydrogen) atoms. The van der Waals surface area contributed by atoms with Crippen molar-refractivity contribution in [3.63, 3.8) is 0 Å². The molecule has 0 fully saturated rings. The number of H-pyrrole nitrogens is 1. The van der Waals surface area contributed by atoms with Crippen molar-refractivity contribution >= 4 is 15.9 Å². The van der Waals surface area contributed by atoms with Crippen molar-refractivity contribution in [2.75, 3.05) is 6.54 Å². The van der Waals surface area contributed by atoms with E-state index in [9.17, 15) is 0 Å². The second-order valence-corrected chi connectivity index (χ2v) is 4.73. The molecule has 1 aromatic heterocycles. The maximum absolute atomic E-state index is 5.52. The van der Waals surface area contributed by atoms with Gasteiger partial charge in [-0.25, -0.2) is 4.98 Å². The monoisotopic (exact) mass is 293 g/mol. The summed E-state index contributed by atoms with van der Waals surface area (Å²) in [6.07, 6.45) is 1.83. The van der Waals surface area contributed by atoms with Crippen LogP contribution in [0.1, 0.15) is 18.3 Å². The van der Waals surface area contributed by atoms with Crippen LogP contribution >= 0.6 is 15.9 Å². The second kappa shape index (κ2) is 5.47. The topological polar surface area (TPSA) is 54.7 Å². The Labute approximate surface area is 110 Å². The molecule has 0 atom stereocenters. The summed E-state index contributed by atoms with van der Waals surface area (Å²) in [6.45, 7) is 2.76. The van der Waals surface area contributed by atoms with Crippen LogP contribution in [-0.2, 0) is 12.8 Å². The van der Waals surface area contributed by atoms with E-state index in [-0.39, 0.29) is 0 Å². The van der Waals surface area contributed by atoms with Gasteiger partial charge < -0.3 is 10.7 Å². The van der Waals surface area contributed by atoms with Crippen LogP contribution in [0.25, 0.3) is 11.3 Å². The largest absolute Gasteiger partial charge is 0.336 e. The molecule has 1 heterocycles. The van der Waals surface area contributed by atoms with Crippen LogP contribution in [0.2, 0.25) is 0 Å². The number of aromatic nitrogens is 2. The fourth-order valence-electron chi connectivity index (χ4n) is 1.74. The first kappa shape index (κ1) is 12.3. The SMILES string of the molecule is CCc1ccc(-c2nc(CCN)[nH]c2Br)cc1. The Hall–Kier alpha value is -1.13. The summed E-state index contributed by atoms with van der Waals surface area (Å²) in [7, 11) is 0. The van der Waals surface area contributed by atoms with Gasteiger partial charge in [0.2, 0.25) is 0 Å². The lowest BCUT2D eigenvalue weighted by molar-refractivity contribution is 0.893. The molecule has 0 unspecified atom stereocenters. The standard InChI is InChI=1S/C13H16BrN3/c1-2-9-3-5-10(6-4-9)12-13(14)17-11(16-12)7-8-15/h3-6H,2,7-8,15H2,1H3,(H,16,17). The van der Waals surface area contributed by atoms with Crippen LogP contribution in [0.4, 0.5) is 0 Å². The molecule has 0 aliphatic rings. The lowest BCUT2D eigenvalue weighted by Gasteiger charge is -2.00. The average Bonchev–Trinajstić information content (AvgIpc) is 2.71. The van der Waals surface area contributed by atoms with E-state index in [0.717, 1.165) is 34.5 Å². The predicted molar refractivity (Wildman–Crippen MR) is 73.9 cm³/mol. The van der Waals surface area contributed by atoms with Crippen LogP contribution in [0.5, 0.6) is 0 Å². The Balaban J connectivity index is 2.31. The fourth-order valence-corrected chi connectivity index (χ4v) is 2.29. The zero-order chi connectivity index (χ0) is 12.3. The highest BCUT2D eigenvalue weighted by molar-refractivity contribution is 9.10. The van der Waals surface area contributed by atoms with Gasteiger partial charge in [-0.1, -0.05) is 31.2 Å². The van der Waals surface area contributed by atoms with Crippen LogP contribution in [-0.4, -0.2) is 16.5 Å². The van der Waals surface area contributed by atoms with Gasteiger partial charge in [-0.2, -0.15) is 0 Å². The minimum atomic E-state index is 0.605. The minimum absolute atomic E-state index is 0.605. The van der Waals surface area contributed by atoms with Gasteiger partial charge in [0.1, 0.15) is 16.1 Å². The third kappa shape index (κ3) is 2.76. The maximum Gasteiger partial charge on any atom is 0.110 e. The number of rotatable bonds is 4. The van der Waals surface area contributed by atoms with E-state index in [1.165, 1.54) is 5.56 Å². The molecular formula is C13H16BrN3. The molecule has 0 saturated carbocycles. The van der Waals surface area contributed by atoms with Gasteiger partial charge in [0, 0.05) is 12.0 Å². The molecule has 1 aromatic carbocycles. The number of hydrogen-bond acceptors (Lipinski definition) is 2. The fraction of sp³-hybridized carbons (Fsp3) is 0.308. The Kier molecular flexibility index (Phi) is 3.97. The third-order valence-electron chi connectivity index (χ3n) is 2.73. The molecule has 0 amide bonds. The highest BCUT2D eigenvalue weighted by atomic mass is 79.9. The number of nitrogens with one attached hydrogen (secondary N) is 1. The van der Waals surface area contributed by atoms with Crippen molar-refractivity contribution in [2.24, 2.45) is 5.73 Å². The van der Waals surface area contributed by atoms with Gasteiger partial charge in [0.25, 0.3) is 0 Å². The van der Waals surface area contributed by atoms with Crippen molar-refractivity contribution in [3.8, 4) is 11.3 Å². The Morgan fingerprint density at radius 2 is 2.00 bits per heavy atom. The van der Waals surface area contributed by atoms with Crippen LogP contribution in [0.3, 0.4) is 0 Å². The third-order valence-corrected chi connectivity index (χ3v) is 3.30. The highest BCUT2D eigenvalue weighted by Crippen LogP contribution is 2.26. The van der Waals surface area contributed by atoms with Gasteiger partial charge in [0.15, 0.2) is 0 Å². The van der Waals surface area contributed by atoms with Gasteiger partial charge >= 0.3 is 0 Å². The van der Waals surface area contributed by atoms with E-state index >= 15 is 0 Å². The Morgan fingerprint density at radius 3 is 2.59 bits per heavy atom. The first-order chi connectivity index (χ1) is 8.24. The summed E-state index contributed by atoms with van der Waals surface area (Å²) in [5.74, 6) is 0.925. The molecule has 0 bridgehead atoms. The quantitative estimate of drug-likeness (QED) is 0.911. The zero-order valence-electron chi connectivity index (χ0n) is 9.83. The van der Waals surface area contributed by atoms with E-state index in [2.05, 4.69) is 57.1 Å². The molecule has 0 aliphatic carbocycles. The number of imidazole rings is 1. The molecule has 2 aromatic rings. The molecule has 3 N–H and O–H groups in total. The Bertz CT molecular complexity index is 488. The smallest absolute Gasteiger partial charge is 0.110 e. The van der Waals surface area contributed by atoms with E-state index in [0.29, 0.717) is 6.54 Å². The van der Waals surface area contributed by atoms with Gasteiger partial charge in [-0.15, -0.1) is 0 Å². The molecule has 0 spiro atoms. The summed E-state index contributed by atoms with van der Waals surface area (Å²) in [6, 6.07) is 8.48. The summed E-state index contributed by atoms with van der Waals surface area (Å²) >= 11 is 3.50. The molecular weight excluding hydrogens is 278 g/mol. The molecule has 0 aliphatic heterocycles. The number of hydrogen-bond donors (Lipinski definition) is 2. The van der Waals surface area contributed by atoms with Gasteiger partial charge in [-0.3, -0.25) is 0 Å². The number of aromatic amines is 1. The average molecular weight is 294 g/mol. The van der Waals surface area contributed by atoms with E-state index in [1.54, 1.807) is 0 Å². The van der Waals surface area contributed by atoms with Crippen molar-refractivity contribution < 1.29 is 0 Å². The lowest BCUT2D eigenvalue weighted by Crippen LogP contribution is -2.03. The van der Waals surface area contributed by atoms with Crippen molar-refractivity contribution in [1.82, 2.24) is 9.97 Å². The second-order valence-electron chi connectivity index (χ2n) is 3.94. The number of nitrogens with two attached hydrogens (primary N) is 1. The summed E-state index contributed by atoms with van der Waals surface area (Å²) < 4.78 is 0.921. The molecule has 90 valence electrons. The van der Waals surface area contributed by atoms with Crippen LogP contribution in [0, 0.1) is 0 Å². The van der Waals surface area contributed by atoms with Crippen molar-refractivity contribution in [2.45, 2.75) is 19.8 Å². The highest BCUT2D eigenvalue weighted by Gasteiger charge is 2.09. The van der Waals surface area contributed by atoms with Gasteiger partial charge in [-0.05, 0) is 34.5 Å². The minimum Gasteiger partial charge on any atom is -0.336 e. The zero-order valence-corrected chi connectivity index (χ0v) is 11.4. The number of halogens is 1. The Morgan fingerprint density at radius 1 is 1.29 bits per heavy atom. The number of benzene rings is 1. The number of aryl methyl sites for hydroxylation is 1. The maximum atomic E-state index is 5.52. The lowest BCUT2D eigenvalue weighted by atomic mass is 10.1. The molecule has 2 rings (SSSR count). The predicted octanol–water partition coefficient (Wildman–Crippen LogP) is 2.90. The normalized spacial score (nSPS) is 10.8. The van der Waals surface area contributed by atoms with Gasteiger partial charge in [0.05, 0.1) is 0 Å². The van der Waals surface area contributed by atoms with Crippen LogP contribution < -0.4 is 5.73 Å². The van der Waals surface area contributed by atoms with Crippen molar-refractivity contribution in [1.29, 1.82) is 0 Å². The molecule has 0 saturated heterocycles. The number of nitrogens with zero attached hydrogens (tertiary/aromatic N) is 1. The molecule has 4 heteroatoms. The molecule has 0 radical (unpaired) electrons. The van der Waals surface area contributed by atoms with Crippen molar-refractivity contribution in [3.05, 3.63) is 40.3 Å². The summed E-state index contributed by atoms with van der Waals surface area (Å²) in [4.78, 5) is 7.74. The van der Waals surface area contributed by atoms with E-state index in [4.69, 9.17) is 5.73 Å². The van der Waals surface area contributed by atoms with Crippen LogP contribution in [0.15, 0.2) is 28.9 Å². The summed E-state index contributed by atoms with van der Waals surface area (Å²) in [5.41, 5.74) is 8.93. The van der Waals surface area contributed by atoms with E-state index in [1.807, 2.05) is 0 Å². The van der Waals surface area contributed by atoms with E-state index < -0.39 is 0 Å². The molecule has 3 nitrogen and oxygen atoms in total. The summed E-state index contributed by atoms with van der Waals surface area (Å²) in [5, 5.41) is 0. The first-order valence-electron chi connectivity index (χ1n) is 5.78.